The number of anilines is 2. The fourth-order valence-corrected chi connectivity index (χ4v) is 2.60. The molecule has 0 aliphatic rings. The number of hydrogen-bond donors (Lipinski definition) is 2. The molecule has 3 rings (SSSR count). The van der Waals surface area contributed by atoms with Gasteiger partial charge in [0.25, 0.3) is 0 Å². The molecule has 27 heavy (non-hydrogen) atoms. The molecule has 140 valence electrons. The topological polar surface area (TPSA) is 95.6 Å². The number of nitrogens with zero attached hydrogens (tertiary/aromatic N) is 4. The molecule has 2 aromatic heterocycles. The smallest absolute Gasteiger partial charge is 0.222 e. The molecule has 8 heteroatoms. The zero-order chi connectivity index (χ0) is 18.8. The predicted molar refractivity (Wildman–Crippen MR) is 105 cm³/mol. The normalized spacial score (nSPS) is 11.3. The highest BCUT2D eigenvalue weighted by molar-refractivity contribution is 5.91. The molecular weight excluding hydrogens is 350 g/mol. The highest BCUT2D eigenvalue weighted by Crippen LogP contribution is 2.25. The van der Waals surface area contributed by atoms with E-state index in [0.717, 1.165) is 12.1 Å². The van der Waals surface area contributed by atoms with E-state index in [2.05, 4.69) is 28.2 Å². The Morgan fingerprint density at radius 2 is 1.81 bits per heavy atom. The number of nitrogen functional groups attached to an aromatic ring is 2. The summed E-state index contributed by atoms with van der Waals surface area (Å²) < 4.78 is 29.5. The molecule has 0 unspecified atom stereocenters. The summed E-state index contributed by atoms with van der Waals surface area (Å²) in [6.07, 6.45) is 6.41. The van der Waals surface area contributed by atoms with E-state index in [1.54, 1.807) is 18.2 Å². The van der Waals surface area contributed by atoms with Gasteiger partial charge in [-0.1, -0.05) is 38.8 Å². The van der Waals surface area contributed by atoms with E-state index < -0.39 is 11.6 Å². The lowest BCUT2D eigenvalue weighted by Crippen LogP contribution is -2.09. The van der Waals surface area contributed by atoms with E-state index in [1.165, 1.54) is 10.9 Å². The maximum Gasteiger partial charge on any atom is 0.222 e. The van der Waals surface area contributed by atoms with Crippen LogP contribution in [-0.4, -0.2) is 19.7 Å². The van der Waals surface area contributed by atoms with Gasteiger partial charge in [-0.25, -0.2) is 18.4 Å². The average molecular weight is 370 g/mol. The van der Waals surface area contributed by atoms with Crippen molar-refractivity contribution in [2.24, 2.45) is 0 Å². The minimum absolute atomic E-state index is 0. The Morgan fingerprint density at radius 1 is 1.15 bits per heavy atom. The molecule has 4 N–H and O–H groups in total. The van der Waals surface area contributed by atoms with Gasteiger partial charge in [0.15, 0.2) is 5.65 Å². The van der Waals surface area contributed by atoms with E-state index in [9.17, 15) is 8.78 Å². The standard InChI is InChI=1S/C18H16F2N6.CH4/c1-3-5-10(4-2)16-12-8-23-26(17(12)25-18(22)24-16)9-13-14(19)6-11(21)7-15(13)20;/h3-8H,1-2,9,21H2,(H2,22,24,25);1H4/b10-5+;. The molecule has 0 bridgehead atoms. The van der Waals surface area contributed by atoms with Crippen molar-refractivity contribution in [3.05, 3.63) is 72.6 Å². The van der Waals surface area contributed by atoms with Crippen LogP contribution in [0, 0.1) is 11.6 Å². The number of nitrogens with two attached hydrogens (primary N) is 2. The number of allylic oxidation sites excluding steroid dienone is 4. The largest absolute Gasteiger partial charge is 0.399 e. The molecule has 3 aromatic rings. The van der Waals surface area contributed by atoms with Crippen LogP contribution in [0.15, 0.2) is 49.7 Å². The van der Waals surface area contributed by atoms with E-state index in [4.69, 9.17) is 11.5 Å². The third kappa shape index (κ3) is 3.69. The Balaban J connectivity index is 0.00000261. The summed E-state index contributed by atoms with van der Waals surface area (Å²) >= 11 is 0. The van der Waals surface area contributed by atoms with Crippen LogP contribution in [0.5, 0.6) is 0 Å². The lowest BCUT2D eigenvalue weighted by atomic mass is 10.1. The molecule has 0 aliphatic carbocycles. The summed E-state index contributed by atoms with van der Waals surface area (Å²) in [4.78, 5) is 8.38. The fourth-order valence-electron chi connectivity index (χ4n) is 2.60. The third-order valence-corrected chi connectivity index (χ3v) is 3.78. The van der Waals surface area contributed by atoms with Crippen LogP contribution >= 0.6 is 0 Å². The molecule has 0 amide bonds. The minimum atomic E-state index is -0.758. The number of fused-ring (bicyclic) bond motifs is 1. The molecule has 0 saturated heterocycles. The lowest BCUT2D eigenvalue weighted by Gasteiger charge is -2.08. The Morgan fingerprint density at radius 3 is 2.41 bits per heavy atom. The van der Waals surface area contributed by atoms with Crippen molar-refractivity contribution in [1.29, 1.82) is 0 Å². The van der Waals surface area contributed by atoms with Gasteiger partial charge >= 0.3 is 0 Å². The predicted octanol–water partition coefficient (Wildman–Crippen LogP) is 3.71. The highest BCUT2D eigenvalue weighted by Gasteiger charge is 2.17. The number of benzene rings is 1. The molecule has 0 atom stereocenters. The molecule has 0 spiro atoms. The quantitative estimate of drug-likeness (QED) is 0.527. The van der Waals surface area contributed by atoms with E-state index in [-0.39, 0.29) is 31.2 Å². The summed E-state index contributed by atoms with van der Waals surface area (Å²) in [6.45, 7) is 7.22. The molecule has 0 saturated carbocycles. The summed E-state index contributed by atoms with van der Waals surface area (Å²) in [7, 11) is 0. The van der Waals surface area contributed by atoms with Gasteiger partial charge < -0.3 is 11.5 Å². The summed E-state index contributed by atoms with van der Waals surface area (Å²) in [6, 6.07) is 2.11. The van der Waals surface area contributed by atoms with Crippen molar-refractivity contribution >= 4 is 28.2 Å². The molecule has 0 fully saturated rings. The zero-order valence-electron chi connectivity index (χ0n) is 13.8. The van der Waals surface area contributed by atoms with E-state index in [0.29, 0.717) is 22.3 Å². The van der Waals surface area contributed by atoms with Gasteiger partial charge in [0.05, 0.1) is 23.8 Å². The van der Waals surface area contributed by atoms with Gasteiger partial charge in [0, 0.05) is 16.8 Å². The lowest BCUT2D eigenvalue weighted by molar-refractivity contribution is 0.537. The fraction of sp³-hybridized carbons (Fsp3) is 0.105. The average Bonchev–Trinajstić information content (AvgIpc) is 2.98. The first-order valence-electron chi connectivity index (χ1n) is 7.62. The monoisotopic (exact) mass is 370 g/mol. The number of aromatic nitrogens is 4. The maximum absolute atomic E-state index is 14.1. The van der Waals surface area contributed by atoms with Gasteiger partial charge in [0.2, 0.25) is 5.95 Å². The first-order valence-corrected chi connectivity index (χ1v) is 7.62. The van der Waals surface area contributed by atoms with Crippen LogP contribution in [0.1, 0.15) is 18.7 Å². The summed E-state index contributed by atoms with van der Waals surface area (Å²) in [5.41, 5.74) is 12.6. The second kappa shape index (κ2) is 7.77. The van der Waals surface area contributed by atoms with Crippen molar-refractivity contribution in [2.45, 2.75) is 14.0 Å². The summed E-state index contributed by atoms with van der Waals surface area (Å²) in [5, 5.41) is 4.75. The van der Waals surface area contributed by atoms with Crippen LogP contribution in [-0.2, 0) is 6.54 Å². The first-order chi connectivity index (χ1) is 12.4. The molecular formula is C19H20F2N6. The number of halogens is 2. The Labute approximate surface area is 155 Å². The van der Waals surface area contributed by atoms with Crippen LogP contribution in [0.25, 0.3) is 16.6 Å². The van der Waals surface area contributed by atoms with Gasteiger partial charge in [-0.15, -0.1) is 0 Å². The highest BCUT2D eigenvalue weighted by atomic mass is 19.1. The molecule has 6 nitrogen and oxygen atoms in total. The number of hydrogen-bond acceptors (Lipinski definition) is 5. The summed E-state index contributed by atoms with van der Waals surface area (Å²) in [5.74, 6) is -1.51. The van der Waals surface area contributed by atoms with E-state index in [1.807, 2.05) is 0 Å². The van der Waals surface area contributed by atoms with Crippen LogP contribution in [0.2, 0.25) is 0 Å². The van der Waals surface area contributed by atoms with Gasteiger partial charge in [-0.3, -0.25) is 0 Å². The molecule has 1 aromatic carbocycles. The Bertz CT molecular complexity index is 1030. The zero-order valence-corrected chi connectivity index (χ0v) is 13.8. The maximum atomic E-state index is 14.1. The minimum Gasteiger partial charge on any atom is -0.399 e. The second-order valence-corrected chi connectivity index (χ2v) is 5.49. The van der Waals surface area contributed by atoms with Gasteiger partial charge in [-0.05, 0) is 12.1 Å². The van der Waals surface area contributed by atoms with Crippen LogP contribution in [0.3, 0.4) is 0 Å². The SMILES string of the molecule is C.C=C/C=C(\C=C)c1nc(N)nc2c1cnn2Cc1c(F)cc(N)cc1F. The van der Waals surface area contributed by atoms with Crippen LogP contribution in [0.4, 0.5) is 20.4 Å². The van der Waals surface area contributed by atoms with Crippen molar-refractivity contribution in [1.82, 2.24) is 19.7 Å². The number of rotatable bonds is 5. The van der Waals surface area contributed by atoms with Crippen molar-refractivity contribution in [2.75, 3.05) is 11.5 Å². The molecule has 2 heterocycles. The van der Waals surface area contributed by atoms with Gasteiger partial charge in [0.1, 0.15) is 11.6 Å². The van der Waals surface area contributed by atoms with Gasteiger partial charge in [-0.2, -0.15) is 10.1 Å². The van der Waals surface area contributed by atoms with Crippen LogP contribution < -0.4 is 11.5 Å². The van der Waals surface area contributed by atoms with Crippen molar-refractivity contribution < 1.29 is 8.78 Å². The van der Waals surface area contributed by atoms with Crippen molar-refractivity contribution in [3.8, 4) is 0 Å². The van der Waals surface area contributed by atoms with E-state index >= 15 is 0 Å². The first kappa shape index (κ1) is 19.8. The molecule has 0 radical (unpaired) electrons. The third-order valence-electron chi connectivity index (χ3n) is 3.78. The molecule has 0 aliphatic heterocycles. The van der Waals surface area contributed by atoms with Crippen molar-refractivity contribution in [3.63, 3.8) is 0 Å². The Kier molecular flexibility index (Phi) is 5.69. The Hall–Kier alpha value is -3.55. The second-order valence-electron chi connectivity index (χ2n) is 5.49.